The van der Waals surface area contributed by atoms with Crippen LogP contribution in [-0.2, 0) is 4.74 Å². The number of nitrogens with zero attached hydrogens (tertiary/aromatic N) is 1. The molecule has 2 aliphatic rings. The van der Waals surface area contributed by atoms with Crippen molar-refractivity contribution < 1.29 is 4.74 Å². The Kier molecular flexibility index (Phi) is 3.67. The summed E-state index contributed by atoms with van der Waals surface area (Å²) in [4.78, 5) is 0. The standard InChI is InChI=1S/C17H22N2O/c1-13-4-5-14(12-18)10-16(13)19-15-6-9-20-17(11-15)7-2-3-8-17/h4-5,10,15,19H,2-3,6-9,11H2,1H3. The lowest BCUT2D eigenvalue weighted by molar-refractivity contribution is -0.0767. The first-order valence-corrected chi connectivity index (χ1v) is 7.62. The average Bonchev–Trinajstić information content (AvgIpc) is 2.89. The van der Waals surface area contributed by atoms with E-state index in [0.717, 1.165) is 30.7 Å². The van der Waals surface area contributed by atoms with Crippen LogP contribution >= 0.6 is 0 Å². The van der Waals surface area contributed by atoms with Crippen LogP contribution in [0.25, 0.3) is 0 Å². The van der Waals surface area contributed by atoms with Gasteiger partial charge in [0.05, 0.1) is 17.2 Å². The Bertz CT molecular complexity index is 526. The zero-order valence-electron chi connectivity index (χ0n) is 12.1. The van der Waals surface area contributed by atoms with Gasteiger partial charge in [0.25, 0.3) is 0 Å². The van der Waals surface area contributed by atoms with Gasteiger partial charge in [-0.25, -0.2) is 0 Å². The molecule has 1 saturated heterocycles. The SMILES string of the molecule is Cc1ccc(C#N)cc1NC1CCOC2(CCCC2)C1. The molecule has 2 fully saturated rings. The molecule has 1 heterocycles. The van der Waals surface area contributed by atoms with E-state index in [1.165, 1.54) is 31.2 Å². The molecule has 1 spiro atoms. The minimum Gasteiger partial charge on any atom is -0.382 e. The van der Waals surface area contributed by atoms with Gasteiger partial charge >= 0.3 is 0 Å². The predicted octanol–water partition coefficient (Wildman–Crippen LogP) is 3.77. The molecule has 0 amide bonds. The van der Waals surface area contributed by atoms with E-state index in [-0.39, 0.29) is 5.60 Å². The molecular weight excluding hydrogens is 248 g/mol. The van der Waals surface area contributed by atoms with E-state index < -0.39 is 0 Å². The lowest BCUT2D eigenvalue weighted by atomic mass is 9.88. The van der Waals surface area contributed by atoms with Gasteiger partial charge in [0, 0.05) is 18.3 Å². The first-order valence-electron chi connectivity index (χ1n) is 7.62. The highest BCUT2D eigenvalue weighted by Crippen LogP contribution is 2.40. The number of nitrogens with one attached hydrogen (secondary N) is 1. The number of ether oxygens (including phenoxy) is 1. The molecule has 0 radical (unpaired) electrons. The molecule has 1 saturated carbocycles. The number of nitriles is 1. The highest BCUT2D eigenvalue weighted by Gasteiger charge is 2.39. The minimum absolute atomic E-state index is 0.136. The van der Waals surface area contributed by atoms with Crippen LogP contribution in [0.3, 0.4) is 0 Å². The summed E-state index contributed by atoms with van der Waals surface area (Å²) >= 11 is 0. The van der Waals surface area contributed by atoms with Gasteiger partial charge in [-0.2, -0.15) is 5.26 Å². The second-order valence-electron chi connectivity index (χ2n) is 6.21. The second-order valence-corrected chi connectivity index (χ2v) is 6.21. The highest BCUT2D eigenvalue weighted by atomic mass is 16.5. The largest absolute Gasteiger partial charge is 0.382 e. The van der Waals surface area contributed by atoms with Crippen molar-refractivity contribution >= 4 is 5.69 Å². The summed E-state index contributed by atoms with van der Waals surface area (Å²) in [5.74, 6) is 0. The predicted molar refractivity (Wildman–Crippen MR) is 79.7 cm³/mol. The highest BCUT2D eigenvalue weighted by molar-refractivity contribution is 5.55. The summed E-state index contributed by atoms with van der Waals surface area (Å²) < 4.78 is 6.08. The number of rotatable bonds is 2. The molecule has 1 atom stereocenters. The van der Waals surface area contributed by atoms with Crippen molar-refractivity contribution in [2.75, 3.05) is 11.9 Å². The molecular formula is C17H22N2O. The van der Waals surface area contributed by atoms with Crippen LogP contribution in [-0.4, -0.2) is 18.2 Å². The molecule has 0 aromatic heterocycles. The zero-order chi connectivity index (χ0) is 14.0. The van der Waals surface area contributed by atoms with Crippen molar-refractivity contribution in [3.05, 3.63) is 29.3 Å². The smallest absolute Gasteiger partial charge is 0.0992 e. The average molecular weight is 270 g/mol. The molecule has 1 aromatic carbocycles. The summed E-state index contributed by atoms with van der Waals surface area (Å²) in [6.45, 7) is 2.95. The maximum absolute atomic E-state index is 9.03. The van der Waals surface area contributed by atoms with Gasteiger partial charge in [0.1, 0.15) is 0 Å². The van der Waals surface area contributed by atoms with Gasteiger partial charge in [-0.05, 0) is 50.3 Å². The van der Waals surface area contributed by atoms with E-state index in [1.54, 1.807) is 0 Å². The molecule has 106 valence electrons. The maximum atomic E-state index is 9.03. The minimum atomic E-state index is 0.136. The summed E-state index contributed by atoms with van der Waals surface area (Å²) in [6.07, 6.45) is 7.18. The summed E-state index contributed by atoms with van der Waals surface area (Å²) in [7, 11) is 0. The first kappa shape index (κ1) is 13.5. The lowest BCUT2D eigenvalue weighted by Gasteiger charge is -2.39. The van der Waals surface area contributed by atoms with Gasteiger partial charge in [0.15, 0.2) is 0 Å². The van der Waals surface area contributed by atoms with Crippen LogP contribution in [0.1, 0.15) is 49.7 Å². The Labute approximate surface area is 120 Å². The molecule has 1 aliphatic heterocycles. The van der Waals surface area contributed by atoms with E-state index in [4.69, 9.17) is 10.00 Å². The van der Waals surface area contributed by atoms with Crippen molar-refractivity contribution in [2.24, 2.45) is 0 Å². The quantitative estimate of drug-likeness (QED) is 0.889. The number of benzene rings is 1. The molecule has 1 N–H and O–H groups in total. The number of hydrogen-bond donors (Lipinski definition) is 1. The van der Waals surface area contributed by atoms with Crippen molar-refractivity contribution in [1.82, 2.24) is 0 Å². The Hall–Kier alpha value is -1.53. The molecule has 1 aliphatic carbocycles. The Balaban J connectivity index is 1.73. The third kappa shape index (κ3) is 2.66. The Morgan fingerprint density at radius 1 is 1.35 bits per heavy atom. The summed E-state index contributed by atoms with van der Waals surface area (Å²) in [5, 5.41) is 12.7. The normalized spacial score (nSPS) is 24.5. The fraction of sp³-hybridized carbons (Fsp3) is 0.588. The van der Waals surface area contributed by atoms with Crippen molar-refractivity contribution in [2.45, 2.75) is 57.1 Å². The van der Waals surface area contributed by atoms with Crippen LogP contribution in [0.2, 0.25) is 0 Å². The van der Waals surface area contributed by atoms with Gasteiger partial charge in [0.2, 0.25) is 0 Å². The third-order valence-electron chi connectivity index (χ3n) is 4.73. The number of aryl methyl sites for hydroxylation is 1. The molecule has 3 heteroatoms. The fourth-order valence-corrected chi connectivity index (χ4v) is 3.59. The van der Waals surface area contributed by atoms with Crippen molar-refractivity contribution in [3.63, 3.8) is 0 Å². The van der Waals surface area contributed by atoms with Crippen LogP contribution in [0.5, 0.6) is 0 Å². The summed E-state index contributed by atoms with van der Waals surface area (Å²) in [6, 6.07) is 8.54. The van der Waals surface area contributed by atoms with Crippen LogP contribution < -0.4 is 5.32 Å². The topological polar surface area (TPSA) is 45.0 Å². The maximum Gasteiger partial charge on any atom is 0.0992 e. The second kappa shape index (κ2) is 5.46. The molecule has 3 nitrogen and oxygen atoms in total. The van der Waals surface area contributed by atoms with E-state index in [2.05, 4.69) is 18.3 Å². The van der Waals surface area contributed by atoms with Crippen LogP contribution in [0.15, 0.2) is 18.2 Å². The van der Waals surface area contributed by atoms with E-state index in [1.807, 2.05) is 18.2 Å². The van der Waals surface area contributed by atoms with Crippen molar-refractivity contribution in [1.29, 1.82) is 5.26 Å². The van der Waals surface area contributed by atoms with E-state index in [0.29, 0.717) is 6.04 Å². The van der Waals surface area contributed by atoms with E-state index >= 15 is 0 Å². The van der Waals surface area contributed by atoms with Crippen LogP contribution in [0.4, 0.5) is 5.69 Å². The summed E-state index contributed by atoms with van der Waals surface area (Å²) in [5.41, 5.74) is 3.16. The molecule has 20 heavy (non-hydrogen) atoms. The fourth-order valence-electron chi connectivity index (χ4n) is 3.59. The van der Waals surface area contributed by atoms with Gasteiger partial charge in [-0.15, -0.1) is 0 Å². The third-order valence-corrected chi connectivity index (χ3v) is 4.73. The zero-order valence-corrected chi connectivity index (χ0v) is 12.1. The molecule has 1 aromatic rings. The monoisotopic (exact) mass is 270 g/mol. The van der Waals surface area contributed by atoms with Crippen molar-refractivity contribution in [3.8, 4) is 6.07 Å². The van der Waals surface area contributed by atoms with Gasteiger partial charge in [-0.3, -0.25) is 0 Å². The lowest BCUT2D eigenvalue weighted by Crippen LogP contribution is -2.42. The Morgan fingerprint density at radius 3 is 2.90 bits per heavy atom. The molecule has 0 bridgehead atoms. The van der Waals surface area contributed by atoms with Gasteiger partial charge in [-0.1, -0.05) is 18.9 Å². The molecule has 1 unspecified atom stereocenters. The first-order chi connectivity index (χ1) is 9.71. The molecule has 3 rings (SSSR count). The number of hydrogen-bond acceptors (Lipinski definition) is 3. The number of anilines is 1. The van der Waals surface area contributed by atoms with Crippen LogP contribution in [0, 0.1) is 18.3 Å². The van der Waals surface area contributed by atoms with Gasteiger partial charge < -0.3 is 10.1 Å². The Morgan fingerprint density at radius 2 is 2.15 bits per heavy atom. The van der Waals surface area contributed by atoms with E-state index in [9.17, 15) is 0 Å².